The van der Waals surface area contributed by atoms with Crippen LogP contribution < -0.4 is 4.74 Å². The summed E-state index contributed by atoms with van der Waals surface area (Å²) >= 11 is 0. The van der Waals surface area contributed by atoms with Crippen LogP contribution >= 0.6 is 0 Å². The summed E-state index contributed by atoms with van der Waals surface area (Å²) < 4.78 is 11.4. The monoisotopic (exact) mass is 588 g/mol. The molecule has 0 N–H and O–H groups in total. The number of methoxy groups -OCH3 is 1. The third-order valence-electron chi connectivity index (χ3n) is 8.64. The summed E-state index contributed by atoms with van der Waals surface area (Å²) in [5.74, 6) is -2.65. The number of carbonyl (C=O) groups is 4. The van der Waals surface area contributed by atoms with Gasteiger partial charge in [0.25, 0.3) is 11.8 Å². The van der Waals surface area contributed by atoms with E-state index in [1.807, 2.05) is 36.4 Å². The Labute approximate surface area is 253 Å². The Morgan fingerprint density at radius 2 is 1.36 bits per heavy atom. The van der Waals surface area contributed by atoms with Crippen LogP contribution in [-0.4, -0.2) is 54.1 Å². The SMILES string of the molecule is COc1cccc([C@@H]2[C@H](C(=O)ON3C(=O)c4ccccc4C3=O)CCN2C(=O)OCC2c3ccccc3-c3ccccc32)c1. The zero-order valence-corrected chi connectivity index (χ0v) is 23.8. The molecule has 0 spiro atoms. The quantitative estimate of drug-likeness (QED) is 0.264. The molecule has 9 nitrogen and oxygen atoms in total. The predicted octanol–water partition coefficient (Wildman–Crippen LogP) is 5.76. The summed E-state index contributed by atoms with van der Waals surface area (Å²) in [5.41, 5.74) is 5.40. The van der Waals surface area contributed by atoms with Crippen molar-refractivity contribution in [2.45, 2.75) is 18.4 Å². The highest BCUT2D eigenvalue weighted by Gasteiger charge is 2.47. The fraction of sp³-hybridized carbons (Fsp3) is 0.200. The van der Waals surface area contributed by atoms with Crippen molar-refractivity contribution in [3.05, 3.63) is 125 Å². The van der Waals surface area contributed by atoms with Crippen molar-refractivity contribution in [2.24, 2.45) is 5.92 Å². The Morgan fingerprint density at radius 3 is 1.98 bits per heavy atom. The van der Waals surface area contributed by atoms with Gasteiger partial charge in [-0.25, -0.2) is 9.59 Å². The minimum absolute atomic E-state index is 0.123. The standard InChI is InChI=1S/C35H28N2O7/c1-42-22-10-8-9-21(19-22)31-29(34(40)44-37-32(38)27-15-6-7-16-28(27)33(37)39)17-18-36(31)35(41)43-20-30-25-13-4-2-11-23(25)24-12-3-5-14-26(24)30/h2-16,19,29-31H,17-18,20H2,1H3/t29-,31-/m1/s1. The number of ether oxygens (including phenoxy) is 2. The average molecular weight is 589 g/mol. The molecule has 1 saturated heterocycles. The van der Waals surface area contributed by atoms with E-state index in [0.29, 0.717) is 16.4 Å². The number of nitrogens with zero attached hydrogens (tertiary/aromatic N) is 2. The van der Waals surface area contributed by atoms with E-state index in [-0.39, 0.29) is 36.6 Å². The fourth-order valence-corrected chi connectivity index (χ4v) is 6.57. The molecule has 0 aromatic heterocycles. The highest BCUT2D eigenvalue weighted by atomic mass is 16.7. The van der Waals surface area contributed by atoms with Gasteiger partial charge in [0, 0.05) is 12.5 Å². The molecule has 0 radical (unpaired) electrons. The zero-order valence-electron chi connectivity index (χ0n) is 23.8. The number of imide groups is 1. The summed E-state index contributed by atoms with van der Waals surface area (Å²) in [7, 11) is 1.53. The molecule has 0 saturated carbocycles. The van der Waals surface area contributed by atoms with Gasteiger partial charge in [-0.05, 0) is 58.5 Å². The second kappa shape index (κ2) is 11.0. The first kappa shape index (κ1) is 27.4. The van der Waals surface area contributed by atoms with Crippen molar-refractivity contribution in [3.8, 4) is 16.9 Å². The summed E-state index contributed by atoms with van der Waals surface area (Å²) in [4.78, 5) is 60.1. The van der Waals surface area contributed by atoms with Gasteiger partial charge < -0.3 is 19.2 Å². The molecule has 1 aliphatic carbocycles. The molecule has 4 aromatic rings. The van der Waals surface area contributed by atoms with Gasteiger partial charge >= 0.3 is 12.1 Å². The molecule has 1 fully saturated rings. The fourth-order valence-electron chi connectivity index (χ4n) is 6.57. The second-order valence-corrected chi connectivity index (χ2v) is 11.0. The van der Waals surface area contributed by atoms with Crippen molar-refractivity contribution in [1.82, 2.24) is 9.96 Å². The maximum atomic E-state index is 13.7. The van der Waals surface area contributed by atoms with Crippen LogP contribution in [0.25, 0.3) is 11.1 Å². The van der Waals surface area contributed by atoms with E-state index >= 15 is 0 Å². The van der Waals surface area contributed by atoms with Crippen LogP contribution in [0, 0.1) is 5.92 Å². The molecule has 3 amide bonds. The van der Waals surface area contributed by atoms with Gasteiger partial charge in [-0.15, -0.1) is 0 Å². The van der Waals surface area contributed by atoms with E-state index < -0.39 is 35.8 Å². The van der Waals surface area contributed by atoms with Crippen LogP contribution in [0.4, 0.5) is 4.79 Å². The van der Waals surface area contributed by atoms with E-state index in [1.54, 1.807) is 36.4 Å². The van der Waals surface area contributed by atoms with E-state index in [4.69, 9.17) is 14.3 Å². The number of rotatable bonds is 6. The van der Waals surface area contributed by atoms with Crippen molar-refractivity contribution in [1.29, 1.82) is 0 Å². The number of hydrogen-bond donors (Lipinski definition) is 0. The Kier molecular flexibility index (Phi) is 6.85. The molecule has 44 heavy (non-hydrogen) atoms. The van der Waals surface area contributed by atoms with Crippen molar-refractivity contribution in [3.63, 3.8) is 0 Å². The van der Waals surface area contributed by atoms with Crippen molar-refractivity contribution in [2.75, 3.05) is 20.3 Å². The maximum Gasteiger partial charge on any atom is 0.410 e. The smallest absolute Gasteiger partial charge is 0.410 e. The van der Waals surface area contributed by atoms with Crippen LogP contribution in [-0.2, 0) is 14.4 Å². The van der Waals surface area contributed by atoms with Crippen LogP contribution in [0.1, 0.15) is 55.8 Å². The molecule has 7 rings (SSSR count). The highest BCUT2D eigenvalue weighted by molar-refractivity contribution is 6.20. The largest absolute Gasteiger partial charge is 0.497 e. The first-order valence-corrected chi connectivity index (χ1v) is 14.4. The lowest BCUT2D eigenvalue weighted by molar-refractivity contribution is -0.174. The maximum absolute atomic E-state index is 13.7. The first-order valence-electron chi connectivity index (χ1n) is 14.4. The topological polar surface area (TPSA) is 102 Å². The van der Waals surface area contributed by atoms with Gasteiger partial charge in [-0.1, -0.05) is 77.9 Å². The summed E-state index contributed by atoms with van der Waals surface area (Å²) in [5, 5.41) is 0.506. The number of fused-ring (bicyclic) bond motifs is 4. The molecule has 9 heteroatoms. The Morgan fingerprint density at radius 1 is 0.773 bits per heavy atom. The van der Waals surface area contributed by atoms with E-state index in [9.17, 15) is 19.2 Å². The van der Waals surface area contributed by atoms with Gasteiger partial charge in [-0.3, -0.25) is 9.59 Å². The van der Waals surface area contributed by atoms with Crippen molar-refractivity contribution < 1.29 is 33.5 Å². The zero-order chi connectivity index (χ0) is 30.4. The molecule has 2 heterocycles. The van der Waals surface area contributed by atoms with Gasteiger partial charge in [0.2, 0.25) is 0 Å². The summed E-state index contributed by atoms with van der Waals surface area (Å²) in [6.07, 6.45) is -0.329. The number of hydroxylamine groups is 2. The molecule has 2 aliphatic heterocycles. The van der Waals surface area contributed by atoms with Gasteiger partial charge in [0.15, 0.2) is 0 Å². The lowest BCUT2D eigenvalue weighted by atomic mass is 9.93. The summed E-state index contributed by atoms with van der Waals surface area (Å²) in [6.45, 7) is 0.332. The number of carbonyl (C=O) groups excluding carboxylic acids is 4. The Bertz CT molecular complexity index is 1740. The normalized spacial score (nSPS) is 18.6. The molecule has 0 unspecified atom stereocenters. The number of benzene rings is 4. The average Bonchev–Trinajstić information content (AvgIpc) is 3.72. The highest BCUT2D eigenvalue weighted by Crippen LogP contribution is 2.45. The van der Waals surface area contributed by atoms with Crippen LogP contribution in [0.3, 0.4) is 0 Å². The lowest BCUT2D eigenvalue weighted by Crippen LogP contribution is -2.38. The number of hydrogen-bond acceptors (Lipinski definition) is 7. The Hall–Kier alpha value is -5.44. The van der Waals surface area contributed by atoms with Crippen LogP contribution in [0.15, 0.2) is 97.1 Å². The third kappa shape index (κ3) is 4.48. The molecular formula is C35H28N2O7. The molecule has 2 atom stereocenters. The Balaban J connectivity index is 1.13. The minimum Gasteiger partial charge on any atom is -0.497 e. The van der Waals surface area contributed by atoms with Gasteiger partial charge in [0.05, 0.1) is 30.2 Å². The number of likely N-dealkylation sites (tertiary alicyclic amines) is 1. The summed E-state index contributed by atoms with van der Waals surface area (Å²) in [6, 6.07) is 28.8. The molecule has 0 bridgehead atoms. The van der Waals surface area contributed by atoms with E-state index in [2.05, 4.69) is 12.1 Å². The van der Waals surface area contributed by atoms with Crippen molar-refractivity contribution >= 4 is 23.9 Å². The van der Waals surface area contributed by atoms with Gasteiger partial charge in [-0.2, -0.15) is 0 Å². The molecule has 3 aliphatic rings. The van der Waals surface area contributed by atoms with Gasteiger partial charge in [0.1, 0.15) is 12.4 Å². The van der Waals surface area contributed by atoms with Crippen LogP contribution in [0.5, 0.6) is 5.75 Å². The minimum atomic E-state index is -0.869. The third-order valence-corrected chi connectivity index (χ3v) is 8.64. The van der Waals surface area contributed by atoms with Crippen LogP contribution in [0.2, 0.25) is 0 Å². The lowest BCUT2D eigenvalue weighted by Gasteiger charge is -2.28. The predicted molar refractivity (Wildman–Crippen MR) is 159 cm³/mol. The molecule has 220 valence electrons. The molecular weight excluding hydrogens is 560 g/mol. The second-order valence-electron chi connectivity index (χ2n) is 11.0. The van der Waals surface area contributed by atoms with E-state index in [1.165, 1.54) is 24.1 Å². The van der Waals surface area contributed by atoms with E-state index in [0.717, 1.165) is 22.3 Å². The first-order chi connectivity index (χ1) is 21.5. The molecule has 4 aromatic carbocycles. The number of amides is 3.